The van der Waals surface area contributed by atoms with Crippen molar-refractivity contribution < 1.29 is 54.6 Å². The monoisotopic (exact) mass is 1170 g/mol. The molecule has 3 aromatic rings. The van der Waals surface area contributed by atoms with Crippen molar-refractivity contribution in [2.45, 2.75) is 277 Å². The van der Waals surface area contributed by atoms with E-state index in [0.29, 0.717) is 16.9 Å². The van der Waals surface area contributed by atoms with Crippen molar-refractivity contribution in [2.24, 2.45) is 5.41 Å². The van der Waals surface area contributed by atoms with Crippen LogP contribution in [0.25, 0.3) is 0 Å². The van der Waals surface area contributed by atoms with Crippen LogP contribution in [0.2, 0.25) is 0 Å². The van der Waals surface area contributed by atoms with Gasteiger partial charge in [-0.25, -0.2) is 0 Å². The number of carbonyl (C=O) groups excluding carboxylic acids is 1. The van der Waals surface area contributed by atoms with Gasteiger partial charge in [-0.05, 0) is 131 Å². The molecule has 11 nitrogen and oxygen atoms in total. The number of hydrogen-bond acceptors (Lipinski definition) is 9. The van der Waals surface area contributed by atoms with Crippen LogP contribution >= 0.6 is 11.8 Å². The lowest BCUT2D eigenvalue weighted by Gasteiger charge is -2.50. The van der Waals surface area contributed by atoms with Gasteiger partial charge >= 0.3 is 23.9 Å². The number of carboxylic acids is 3. The highest BCUT2D eigenvalue weighted by Gasteiger charge is 2.59. The fourth-order valence-corrected chi connectivity index (χ4v) is 13.2. The van der Waals surface area contributed by atoms with E-state index in [2.05, 4.69) is 168 Å². The first kappa shape index (κ1) is 73.0. The summed E-state index contributed by atoms with van der Waals surface area (Å²) in [5, 5.41) is 62.9. The van der Waals surface area contributed by atoms with Crippen LogP contribution in [-0.4, -0.2) is 86.7 Å². The lowest BCUT2D eigenvalue weighted by molar-refractivity contribution is -0.157. The molecule has 0 heterocycles. The third-order valence-electron chi connectivity index (χ3n) is 16.4. The van der Waals surface area contributed by atoms with Crippen LogP contribution in [0, 0.1) is 5.41 Å². The Morgan fingerprint density at radius 3 is 0.976 bits per heavy atom. The Labute approximate surface area is 506 Å². The summed E-state index contributed by atoms with van der Waals surface area (Å²) in [6.45, 7) is 38.1. The Morgan fingerprint density at radius 1 is 0.434 bits per heavy atom. The molecule has 0 fully saturated rings. The highest BCUT2D eigenvalue weighted by atomic mass is 32.2. The normalized spacial score (nSPS) is 13.6. The molecule has 83 heavy (non-hydrogen) atoms. The summed E-state index contributed by atoms with van der Waals surface area (Å²) in [6, 6.07) is 12.7. The second-order valence-electron chi connectivity index (χ2n) is 30.2. The molecular formula is C71H112O11S. The van der Waals surface area contributed by atoms with Gasteiger partial charge in [0.2, 0.25) is 0 Å². The molecule has 6 N–H and O–H groups in total. The fourth-order valence-electron chi connectivity index (χ4n) is 11.6. The van der Waals surface area contributed by atoms with Crippen LogP contribution < -0.4 is 0 Å². The Hall–Kier alpha value is -4.23. The van der Waals surface area contributed by atoms with E-state index in [4.69, 9.17) is 4.74 Å². The molecular weight excluding hydrogens is 1060 g/mol. The van der Waals surface area contributed by atoms with Crippen molar-refractivity contribution in [1.29, 1.82) is 0 Å². The van der Waals surface area contributed by atoms with E-state index in [0.717, 1.165) is 81.3 Å². The lowest BCUT2D eigenvalue weighted by atomic mass is 9.55. The second-order valence-corrected chi connectivity index (χ2v) is 31.4. The molecule has 12 heteroatoms. The van der Waals surface area contributed by atoms with Gasteiger partial charge in [0.1, 0.15) is 12.0 Å². The second kappa shape index (κ2) is 29.9. The van der Waals surface area contributed by atoms with Crippen LogP contribution in [0.1, 0.15) is 287 Å². The van der Waals surface area contributed by atoms with Gasteiger partial charge in [0.25, 0.3) is 0 Å². The van der Waals surface area contributed by atoms with Gasteiger partial charge in [-0.15, -0.1) is 0 Å². The molecule has 0 aliphatic carbocycles. The van der Waals surface area contributed by atoms with Crippen LogP contribution in [0.5, 0.6) is 0 Å². The number of unbranched alkanes of at least 4 members (excludes halogenated alkanes) is 9. The lowest BCUT2D eigenvalue weighted by Crippen LogP contribution is -2.51. The van der Waals surface area contributed by atoms with E-state index in [-0.39, 0.29) is 38.5 Å². The van der Waals surface area contributed by atoms with Crippen LogP contribution in [0.3, 0.4) is 0 Å². The first-order valence-electron chi connectivity index (χ1n) is 31.0. The molecule has 1 unspecified atom stereocenters. The Kier molecular flexibility index (Phi) is 26.3. The molecule has 0 spiro atoms. The first-order valence-corrected chi connectivity index (χ1v) is 32.0. The van der Waals surface area contributed by atoms with Crippen molar-refractivity contribution in [1.82, 2.24) is 0 Å². The zero-order valence-corrected chi connectivity index (χ0v) is 55.8. The minimum absolute atomic E-state index is 0.0851. The van der Waals surface area contributed by atoms with Crippen LogP contribution in [0.15, 0.2) is 36.4 Å². The van der Waals surface area contributed by atoms with Crippen molar-refractivity contribution in [2.75, 3.05) is 32.2 Å². The van der Waals surface area contributed by atoms with E-state index >= 15 is 4.79 Å². The Morgan fingerprint density at radius 2 is 0.711 bits per heavy atom. The fraction of sp³-hybridized carbons (Fsp3) is 0.690. The third kappa shape index (κ3) is 19.6. The SMILES string of the molecule is CCCCCCCCCCCCSC(c1c(C(C)(C)C)cc(CCC(=O)O)cc1C(C)(C)C)C(C(=O)OCC(CO)(CO)CO)(c1c(C(C)(C)C)cc(CCC(=O)O)cc1C(C)(C)C)c1c(C(C)(C)C)cc(CCC(=O)O)cc1C(C)(C)C. The number of aliphatic hydroxyl groups excluding tert-OH is 3. The quantitative estimate of drug-likeness (QED) is 0.0264. The first-order chi connectivity index (χ1) is 38.2. The smallest absolute Gasteiger partial charge is 0.322 e. The van der Waals surface area contributed by atoms with Gasteiger partial charge in [0.15, 0.2) is 0 Å². The number of esters is 1. The molecule has 0 radical (unpaired) electrons. The molecule has 0 amide bonds. The largest absolute Gasteiger partial charge is 0.481 e. The van der Waals surface area contributed by atoms with Gasteiger partial charge in [0.05, 0.1) is 30.5 Å². The average molecular weight is 1170 g/mol. The van der Waals surface area contributed by atoms with Gasteiger partial charge in [-0.2, -0.15) is 11.8 Å². The number of aliphatic carboxylic acids is 3. The summed E-state index contributed by atoms with van der Waals surface area (Å²) in [4.78, 5) is 55.3. The predicted molar refractivity (Wildman–Crippen MR) is 342 cm³/mol. The zero-order valence-electron chi connectivity index (χ0n) is 55.0. The van der Waals surface area contributed by atoms with E-state index in [1.54, 1.807) is 11.8 Å². The third-order valence-corrected chi connectivity index (χ3v) is 17.9. The number of hydrogen-bond donors (Lipinski definition) is 6. The maximum atomic E-state index is 18.0. The zero-order chi connectivity index (χ0) is 63.3. The molecule has 0 saturated heterocycles. The number of rotatable bonds is 31. The highest BCUT2D eigenvalue weighted by Crippen LogP contribution is 2.62. The predicted octanol–water partition coefficient (Wildman–Crippen LogP) is 15.7. The standard InChI is InChI=1S/C71H112O11S/c1-20-21-22-23-24-25-26-27-28-29-36-83-62(59-50(64(2,3)4)37-47(30-33-56(75)76)38-51(59)65(5,6)7)71(63(81)82-46-70(43-72,44-73)45-74,60-52(66(8,9)10)39-48(31-34-57(77)78)40-53(60)67(11,12)13)61-54(68(14,15)16)41-49(32-35-58(79)80)42-55(61)69(17,18)19/h37-42,62,72-74H,20-36,43-46H2,1-19H3,(H,75,76)(H,77,78)(H,79,80). The summed E-state index contributed by atoms with van der Waals surface area (Å²) >= 11 is 1.73. The van der Waals surface area contributed by atoms with Gasteiger partial charge in [0, 0.05) is 19.3 Å². The number of benzene rings is 3. The Bertz CT molecular complexity index is 2420. The van der Waals surface area contributed by atoms with E-state index in [1.807, 2.05) is 0 Å². The van der Waals surface area contributed by atoms with Crippen molar-refractivity contribution in [3.8, 4) is 0 Å². The molecule has 0 aromatic heterocycles. The maximum Gasteiger partial charge on any atom is 0.322 e. The molecule has 0 aliphatic heterocycles. The van der Waals surface area contributed by atoms with Gasteiger partial charge in [-0.3, -0.25) is 19.2 Å². The van der Waals surface area contributed by atoms with Crippen LogP contribution in [-0.2, 0) is 81.1 Å². The van der Waals surface area contributed by atoms with Crippen molar-refractivity contribution in [3.63, 3.8) is 0 Å². The summed E-state index contributed by atoms with van der Waals surface area (Å²) < 4.78 is 7.04. The topological polar surface area (TPSA) is 199 Å². The summed E-state index contributed by atoms with van der Waals surface area (Å²) in [5.74, 6) is -2.82. The molecule has 1 atom stereocenters. The number of ether oxygens (including phenoxy) is 1. The highest BCUT2D eigenvalue weighted by molar-refractivity contribution is 7.99. The van der Waals surface area contributed by atoms with E-state index < -0.39 is 98.9 Å². The molecule has 3 rings (SSSR count). The average Bonchev–Trinajstić information content (AvgIpc) is 1.02. The van der Waals surface area contributed by atoms with Gasteiger partial charge in [-0.1, -0.05) is 226 Å². The van der Waals surface area contributed by atoms with Crippen molar-refractivity contribution >= 4 is 35.6 Å². The van der Waals surface area contributed by atoms with E-state index in [1.165, 1.54) is 38.5 Å². The summed E-state index contributed by atoms with van der Waals surface area (Å²) in [7, 11) is 0. The van der Waals surface area contributed by atoms with Crippen LogP contribution in [0.4, 0.5) is 0 Å². The molecule has 0 aliphatic rings. The number of aliphatic hydroxyl groups is 3. The Balaban J connectivity index is 3.17. The molecule has 0 bridgehead atoms. The number of carboxylic acid groups (broad SMARTS) is 3. The van der Waals surface area contributed by atoms with Crippen molar-refractivity contribution in [3.05, 3.63) is 103 Å². The number of carbonyl (C=O) groups is 4. The number of aryl methyl sites for hydroxylation is 3. The minimum atomic E-state index is -1.90. The molecule has 3 aromatic carbocycles. The number of thioether (sulfide) groups is 1. The summed E-state index contributed by atoms with van der Waals surface area (Å²) in [6.07, 6.45) is 11.7. The van der Waals surface area contributed by atoms with E-state index in [9.17, 15) is 45.0 Å². The molecule has 468 valence electrons. The van der Waals surface area contributed by atoms with Gasteiger partial charge < -0.3 is 35.4 Å². The minimum Gasteiger partial charge on any atom is -0.481 e. The molecule has 0 saturated carbocycles. The summed E-state index contributed by atoms with van der Waals surface area (Å²) in [5.41, 5.74) is 2.22. The maximum absolute atomic E-state index is 18.0.